The molecule has 0 atom stereocenters. The van der Waals surface area contributed by atoms with Gasteiger partial charge in [0.05, 0.1) is 0 Å². The smallest absolute Gasteiger partial charge is 0.418 e. The van der Waals surface area contributed by atoms with E-state index in [1.165, 1.54) is 0 Å². The molecule has 0 spiro atoms. The highest BCUT2D eigenvalue weighted by Gasteiger charge is 1.92. The number of carbonyl (C=O) groups excluding carboxylic acids is 1. The van der Waals surface area contributed by atoms with E-state index in [1.54, 1.807) is 13.3 Å². The van der Waals surface area contributed by atoms with Gasteiger partial charge in [0.1, 0.15) is 0 Å². The molecule has 0 aromatic heterocycles. The summed E-state index contributed by atoms with van der Waals surface area (Å²) in [4.78, 5) is 9.33. The summed E-state index contributed by atoms with van der Waals surface area (Å²) in [5, 5.41) is 0. The molecule has 0 bridgehead atoms. The molecule has 0 rings (SSSR count). The zero-order valence-corrected chi connectivity index (χ0v) is 4.89. The molecular weight excluding hydrogens is 116 g/mol. The lowest BCUT2D eigenvalue weighted by molar-refractivity contribution is 0.361. The predicted octanol–water partition coefficient (Wildman–Crippen LogP) is 0.577. The zero-order chi connectivity index (χ0) is 6.95. The molecule has 0 aliphatic heterocycles. The molecule has 0 aliphatic rings. The van der Waals surface area contributed by atoms with Gasteiger partial charge in [0, 0.05) is 12.8 Å². The fourth-order valence-corrected chi connectivity index (χ4v) is 0.180. The van der Waals surface area contributed by atoms with Crippen molar-refractivity contribution in [3.8, 4) is 0 Å². The molecule has 0 N–H and O–H groups in total. The van der Waals surface area contributed by atoms with Crippen molar-refractivity contribution < 1.29 is 9.53 Å². The summed E-state index contributed by atoms with van der Waals surface area (Å²) in [5.74, 6) is 0. The van der Waals surface area contributed by atoms with E-state index in [4.69, 9.17) is 0 Å². The SMILES string of the molecule is C[CH][C][C][C][C]O[C]=O. The van der Waals surface area contributed by atoms with Crippen LogP contribution in [0.3, 0.4) is 0 Å². The lowest BCUT2D eigenvalue weighted by atomic mass is 10.2. The molecule has 10 radical (unpaired) electrons. The van der Waals surface area contributed by atoms with Crippen molar-refractivity contribution >= 4 is 6.47 Å². The van der Waals surface area contributed by atoms with Crippen molar-refractivity contribution in [3.05, 3.63) is 32.3 Å². The molecule has 0 aliphatic carbocycles. The molecule has 0 saturated heterocycles. The van der Waals surface area contributed by atoms with Gasteiger partial charge in [-0.1, -0.05) is 6.92 Å². The molecule has 0 saturated carbocycles. The molecular formula is C7H4O2. The van der Waals surface area contributed by atoms with Crippen LogP contribution < -0.4 is 0 Å². The molecule has 2 nitrogen and oxygen atoms in total. The standard InChI is InChI=1S/C7H4O2/c1-2-3-4-5-6-9-7-8/h2H,1H3. The van der Waals surface area contributed by atoms with Gasteiger partial charge in [0.25, 0.3) is 0 Å². The normalized spacial score (nSPS) is 9.00. The monoisotopic (exact) mass is 120 g/mol. The van der Waals surface area contributed by atoms with Crippen LogP contribution in [0.25, 0.3) is 0 Å². The van der Waals surface area contributed by atoms with E-state index in [9.17, 15) is 4.79 Å². The molecule has 0 aromatic carbocycles. The van der Waals surface area contributed by atoms with Crippen molar-refractivity contribution in [1.29, 1.82) is 0 Å². The number of hydrogen-bond acceptors (Lipinski definition) is 2. The molecule has 0 heterocycles. The van der Waals surface area contributed by atoms with Crippen LogP contribution in [-0.2, 0) is 9.53 Å². The first-order chi connectivity index (χ1) is 4.41. The second kappa shape index (κ2) is 7.47. The van der Waals surface area contributed by atoms with Gasteiger partial charge in [0.2, 0.25) is 6.61 Å². The molecule has 9 heavy (non-hydrogen) atoms. The summed E-state index contributed by atoms with van der Waals surface area (Å²) in [7, 11) is 0. The third-order valence-electron chi connectivity index (χ3n) is 0.423. The minimum Gasteiger partial charge on any atom is -0.441 e. The van der Waals surface area contributed by atoms with Crippen molar-refractivity contribution in [2.24, 2.45) is 0 Å². The summed E-state index contributed by atoms with van der Waals surface area (Å²) in [6.45, 7) is 4.92. The van der Waals surface area contributed by atoms with E-state index >= 15 is 0 Å². The first-order valence-corrected chi connectivity index (χ1v) is 2.23. The number of unbranched alkanes of at least 4 members (excludes halogenated alkanes) is 3. The molecule has 2 heteroatoms. The largest absolute Gasteiger partial charge is 0.441 e. The highest BCUT2D eigenvalue weighted by molar-refractivity contribution is 5.39. The second-order valence-electron chi connectivity index (χ2n) is 0.970. The van der Waals surface area contributed by atoms with E-state index in [0.717, 1.165) is 6.47 Å². The lowest BCUT2D eigenvalue weighted by Gasteiger charge is -1.89. The van der Waals surface area contributed by atoms with Gasteiger partial charge in [-0.3, -0.25) is 0 Å². The third kappa shape index (κ3) is 7.47. The van der Waals surface area contributed by atoms with Gasteiger partial charge in [-0.15, -0.1) is 0 Å². The predicted molar refractivity (Wildman–Crippen MR) is 29.7 cm³/mol. The summed E-state index contributed by atoms with van der Waals surface area (Å²) in [6.07, 6.45) is 8.85. The van der Waals surface area contributed by atoms with E-state index in [-0.39, 0.29) is 0 Å². The first kappa shape index (κ1) is 8.47. The summed E-state index contributed by atoms with van der Waals surface area (Å²) >= 11 is 0. The molecule has 0 unspecified atom stereocenters. The van der Waals surface area contributed by atoms with E-state index < -0.39 is 0 Å². The van der Waals surface area contributed by atoms with Gasteiger partial charge < -0.3 is 4.74 Å². The van der Waals surface area contributed by atoms with Crippen LogP contribution in [0.5, 0.6) is 0 Å². The summed E-state index contributed by atoms with van der Waals surface area (Å²) in [5.41, 5.74) is 0. The Bertz CT molecular complexity index is 61.9. The average molecular weight is 120 g/mol. The van der Waals surface area contributed by atoms with E-state index in [2.05, 4.69) is 24.0 Å². The van der Waals surface area contributed by atoms with Gasteiger partial charge in [0.15, 0.2) is 0 Å². The average Bonchev–Trinajstić information content (AvgIpc) is 1.89. The Hall–Kier alpha value is -0.530. The van der Waals surface area contributed by atoms with Crippen molar-refractivity contribution in [2.75, 3.05) is 0 Å². The topological polar surface area (TPSA) is 26.3 Å². The van der Waals surface area contributed by atoms with Crippen LogP contribution in [0.15, 0.2) is 0 Å². The van der Waals surface area contributed by atoms with Gasteiger partial charge in [-0.25, -0.2) is 4.79 Å². The Morgan fingerprint density at radius 2 is 2.22 bits per heavy atom. The summed E-state index contributed by atoms with van der Waals surface area (Å²) < 4.78 is 3.90. The quantitative estimate of drug-likeness (QED) is 0.479. The van der Waals surface area contributed by atoms with E-state index in [0.29, 0.717) is 0 Å². The second-order valence-corrected chi connectivity index (χ2v) is 0.970. The molecule has 0 aromatic rings. The minimum atomic E-state index is 1.14. The lowest BCUT2D eigenvalue weighted by Crippen LogP contribution is -1.86. The number of hydrogen-bond donors (Lipinski definition) is 0. The zero-order valence-electron chi connectivity index (χ0n) is 4.89. The molecule has 44 valence electrons. The highest BCUT2D eigenvalue weighted by atomic mass is 16.5. The maximum absolute atomic E-state index is 9.33. The van der Waals surface area contributed by atoms with Crippen LogP contribution in [0.4, 0.5) is 0 Å². The minimum absolute atomic E-state index is 1.14. The van der Waals surface area contributed by atoms with Crippen LogP contribution in [0, 0.1) is 32.3 Å². The van der Waals surface area contributed by atoms with Gasteiger partial charge >= 0.3 is 6.47 Å². The maximum atomic E-state index is 9.33. The number of rotatable bonds is 6. The Kier molecular flexibility index (Phi) is 7.03. The Labute approximate surface area is 56.2 Å². The van der Waals surface area contributed by atoms with Crippen molar-refractivity contribution in [2.45, 2.75) is 6.92 Å². The Morgan fingerprint density at radius 3 is 2.78 bits per heavy atom. The summed E-state index contributed by atoms with van der Waals surface area (Å²) in [6, 6.07) is 0. The third-order valence-corrected chi connectivity index (χ3v) is 0.423. The van der Waals surface area contributed by atoms with Crippen LogP contribution in [0.2, 0.25) is 0 Å². The number of ether oxygens (including phenoxy) is 1. The highest BCUT2D eigenvalue weighted by Crippen LogP contribution is 1.95. The molecule has 0 fully saturated rings. The van der Waals surface area contributed by atoms with Crippen LogP contribution in [-0.4, -0.2) is 6.47 Å². The van der Waals surface area contributed by atoms with E-state index in [1.807, 2.05) is 6.61 Å². The Morgan fingerprint density at radius 1 is 1.44 bits per heavy atom. The maximum Gasteiger partial charge on any atom is 0.418 e. The molecule has 0 amide bonds. The van der Waals surface area contributed by atoms with Crippen LogP contribution in [0.1, 0.15) is 6.92 Å². The van der Waals surface area contributed by atoms with Crippen molar-refractivity contribution in [1.82, 2.24) is 0 Å². The fourth-order valence-electron chi connectivity index (χ4n) is 0.180. The van der Waals surface area contributed by atoms with Crippen LogP contribution >= 0.6 is 0 Å². The fraction of sp³-hybridized carbons (Fsp3) is 0.143. The van der Waals surface area contributed by atoms with Gasteiger partial charge in [-0.05, 0) is 12.8 Å². The van der Waals surface area contributed by atoms with Crippen molar-refractivity contribution in [3.63, 3.8) is 0 Å². The Balaban J connectivity index is 2.66. The van der Waals surface area contributed by atoms with Gasteiger partial charge in [-0.2, -0.15) is 0 Å². The first-order valence-electron chi connectivity index (χ1n) is 2.23.